The zero-order valence-electron chi connectivity index (χ0n) is 20.6. The molecular weight excluding hydrogens is 565 g/mol. The van der Waals surface area contributed by atoms with Gasteiger partial charge >= 0.3 is 12.4 Å². The summed E-state index contributed by atoms with van der Waals surface area (Å²) >= 11 is 0. The number of alkyl halides is 6. The predicted octanol–water partition coefficient (Wildman–Crippen LogP) is 6.87. The summed E-state index contributed by atoms with van der Waals surface area (Å²) in [7, 11) is -4.20. The molecule has 0 spiro atoms. The molecule has 0 radical (unpaired) electrons. The van der Waals surface area contributed by atoms with Crippen molar-refractivity contribution in [1.29, 1.82) is 5.26 Å². The number of ether oxygens (including phenoxy) is 1. The monoisotopic (exact) mass is 586 g/mol. The van der Waals surface area contributed by atoms with E-state index in [9.17, 15) is 39.2 Å². The van der Waals surface area contributed by atoms with Crippen molar-refractivity contribution in [2.24, 2.45) is 0 Å². The van der Waals surface area contributed by atoms with E-state index < -0.39 is 50.5 Å². The minimum absolute atomic E-state index is 0.0186. The Morgan fingerprint density at radius 3 is 1.93 bits per heavy atom. The van der Waals surface area contributed by atoms with Crippen molar-refractivity contribution in [3.05, 3.63) is 95.1 Å². The van der Waals surface area contributed by atoms with E-state index in [0.29, 0.717) is 25.0 Å². The lowest BCUT2D eigenvalue weighted by Crippen LogP contribution is -2.55. The summed E-state index contributed by atoms with van der Waals surface area (Å²) in [5, 5.41) is 8.82. The first-order chi connectivity index (χ1) is 18.7. The van der Waals surface area contributed by atoms with Crippen LogP contribution < -0.4 is 0 Å². The van der Waals surface area contributed by atoms with Crippen molar-refractivity contribution < 1.29 is 43.9 Å². The summed E-state index contributed by atoms with van der Waals surface area (Å²) in [6.07, 6.45) is -9.88. The molecule has 13 heteroatoms. The van der Waals surface area contributed by atoms with E-state index in [0.717, 1.165) is 48.7 Å². The lowest BCUT2D eigenvalue weighted by Gasteiger charge is -2.38. The van der Waals surface area contributed by atoms with Crippen molar-refractivity contribution in [3.63, 3.8) is 0 Å². The third kappa shape index (κ3) is 4.94. The Labute approximate surface area is 225 Å². The van der Waals surface area contributed by atoms with Crippen LogP contribution >= 0.6 is 0 Å². The number of sulfone groups is 1. The fourth-order valence-corrected chi connectivity index (χ4v) is 7.22. The molecule has 4 rings (SSSR count). The molecule has 5 nitrogen and oxygen atoms in total. The van der Waals surface area contributed by atoms with Gasteiger partial charge in [-0.2, -0.15) is 31.6 Å². The van der Waals surface area contributed by atoms with Gasteiger partial charge in [-0.15, -0.1) is 0 Å². The Balaban J connectivity index is 1.78. The van der Waals surface area contributed by atoms with Crippen LogP contribution in [0, 0.1) is 17.1 Å². The van der Waals surface area contributed by atoms with Gasteiger partial charge in [-0.1, -0.05) is 37.1 Å². The smallest absolute Gasteiger partial charge is 0.347 e. The van der Waals surface area contributed by atoms with E-state index in [1.165, 1.54) is 6.07 Å². The molecule has 1 aromatic heterocycles. The summed E-state index contributed by atoms with van der Waals surface area (Å²) in [6.45, 7) is -1.19. The Morgan fingerprint density at radius 1 is 0.875 bits per heavy atom. The van der Waals surface area contributed by atoms with Crippen LogP contribution in [0.15, 0.2) is 71.8 Å². The maximum atomic E-state index is 14.3. The van der Waals surface area contributed by atoms with Crippen LogP contribution in [-0.4, -0.2) is 25.8 Å². The number of nitrogens with zero attached hydrogens (tertiary/aromatic N) is 2. The molecule has 3 aromatic rings. The van der Waals surface area contributed by atoms with Gasteiger partial charge in [0.15, 0.2) is 9.84 Å². The summed E-state index contributed by atoms with van der Waals surface area (Å²) in [5.41, 5.74) is -6.26. The molecule has 212 valence electrons. The molecule has 1 aliphatic carbocycles. The fraction of sp³-hybridized carbons (Fsp3) is 0.333. The molecule has 0 bridgehead atoms. The third-order valence-corrected chi connectivity index (χ3v) is 9.62. The molecule has 1 aliphatic rings. The average molecular weight is 587 g/mol. The topological polar surface area (TPSA) is 80.0 Å². The summed E-state index contributed by atoms with van der Waals surface area (Å²) in [5.74, 6) is -0.671. The number of rotatable bonds is 7. The Bertz CT molecular complexity index is 1470. The van der Waals surface area contributed by atoms with Crippen molar-refractivity contribution in [3.8, 4) is 6.07 Å². The average Bonchev–Trinajstić information content (AvgIpc) is 3.40. The Morgan fingerprint density at radius 2 is 1.45 bits per heavy atom. The maximum absolute atomic E-state index is 14.3. The molecule has 0 amide bonds. The van der Waals surface area contributed by atoms with Crippen LogP contribution in [0.25, 0.3) is 0 Å². The molecule has 0 unspecified atom stereocenters. The summed E-state index contributed by atoms with van der Waals surface area (Å²) in [4.78, 5) is 3.46. The molecule has 0 atom stereocenters. The van der Waals surface area contributed by atoms with Crippen LogP contribution in [0.5, 0.6) is 0 Å². The van der Waals surface area contributed by atoms with Crippen LogP contribution in [0.3, 0.4) is 0 Å². The quantitative estimate of drug-likeness (QED) is 0.223. The minimum atomic E-state index is -5.97. The molecule has 40 heavy (non-hydrogen) atoms. The van der Waals surface area contributed by atoms with Gasteiger partial charge in [0.05, 0.1) is 22.8 Å². The van der Waals surface area contributed by atoms with Gasteiger partial charge in [-0.05, 0) is 54.8 Å². The fourth-order valence-electron chi connectivity index (χ4n) is 5.00. The number of nitriles is 1. The van der Waals surface area contributed by atoms with Gasteiger partial charge in [0.2, 0.25) is 0 Å². The minimum Gasteiger partial charge on any atom is -0.347 e. The van der Waals surface area contributed by atoms with Crippen LogP contribution in [0.2, 0.25) is 0 Å². The van der Waals surface area contributed by atoms with Gasteiger partial charge in [0.25, 0.3) is 5.60 Å². The molecule has 0 aliphatic heterocycles. The number of hydrogen-bond donors (Lipinski definition) is 0. The third-order valence-electron chi connectivity index (χ3n) is 7.06. The second-order valence-electron chi connectivity index (χ2n) is 9.35. The second kappa shape index (κ2) is 10.5. The lowest BCUT2D eigenvalue weighted by atomic mass is 9.88. The first-order valence-corrected chi connectivity index (χ1v) is 13.4. The lowest BCUT2D eigenvalue weighted by molar-refractivity contribution is -0.392. The zero-order valence-corrected chi connectivity index (χ0v) is 21.4. The molecule has 1 heterocycles. The molecular formula is C27H21F7N2O3S. The van der Waals surface area contributed by atoms with Gasteiger partial charge < -0.3 is 4.74 Å². The van der Waals surface area contributed by atoms with E-state index in [1.54, 1.807) is 6.07 Å². The van der Waals surface area contributed by atoms with E-state index in [4.69, 9.17) is 5.26 Å². The predicted molar refractivity (Wildman–Crippen MR) is 128 cm³/mol. The van der Waals surface area contributed by atoms with Crippen molar-refractivity contribution in [1.82, 2.24) is 4.98 Å². The van der Waals surface area contributed by atoms with Gasteiger partial charge in [-0.25, -0.2) is 12.8 Å². The van der Waals surface area contributed by atoms with Crippen LogP contribution in [0.1, 0.15) is 48.1 Å². The highest BCUT2D eigenvalue weighted by Crippen LogP contribution is 2.54. The Kier molecular flexibility index (Phi) is 7.72. The molecule has 1 saturated carbocycles. The zero-order chi connectivity index (χ0) is 29.4. The van der Waals surface area contributed by atoms with Crippen LogP contribution in [0.4, 0.5) is 30.7 Å². The number of aromatic nitrogens is 1. The first kappa shape index (κ1) is 29.5. The highest BCUT2D eigenvalue weighted by atomic mass is 32.2. The number of hydrogen-bond acceptors (Lipinski definition) is 5. The van der Waals surface area contributed by atoms with Crippen molar-refractivity contribution in [2.45, 2.75) is 59.9 Å². The SMILES string of the molecule is N#Cc1ccc(COC(c2ccc(C3(S(=O)(=O)c4ccc(F)cc4)CCCC3)cc2)(C(F)(F)F)C(F)(F)F)nc1. The first-order valence-electron chi connectivity index (χ1n) is 11.9. The van der Waals surface area contributed by atoms with Crippen molar-refractivity contribution >= 4 is 9.84 Å². The maximum Gasteiger partial charge on any atom is 0.430 e. The van der Waals surface area contributed by atoms with E-state index in [1.807, 2.05) is 0 Å². The van der Waals surface area contributed by atoms with Gasteiger partial charge in [-0.3, -0.25) is 4.98 Å². The van der Waals surface area contributed by atoms with E-state index in [-0.39, 0.29) is 34.6 Å². The molecule has 0 saturated heterocycles. The molecule has 2 aromatic carbocycles. The van der Waals surface area contributed by atoms with Crippen molar-refractivity contribution in [2.75, 3.05) is 0 Å². The summed E-state index contributed by atoms with van der Waals surface area (Å²) < 4.78 is 129. The Hall–Kier alpha value is -3.50. The molecule has 0 N–H and O–H groups in total. The number of pyridine rings is 1. The normalized spacial score (nSPS) is 16.1. The molecule has 1 fully saturated rings. The van der Waals surface area contributed by atoms with Crippen LogP contribution in [-0.2, 0) is 31.5 Å². The largest absolute Gasteiger partial charge is 0.430 e. The number of benzene rings is 2. The highest BCUT2D eigenvalue weighted by molar-refractivity contribution is 7.92. The summed E-state index contributed by atoms with van der Waals surface area (Å²) in [6, 6.07) is 11.1. The highest BCUT2D eigenvalue weighted by Gasteiger charge is 2.73. The number of halogens is 7. The van der Waals surface area contributed by atoms with E-state index >= 15 is 0 Å². The van der Waals surface area contributed by atoms with Gasteiger partial charge in [0.1, 0.15) is 16.6 Å². The van der Waals surface area contributed by atoms with E-state index in [2.05, 4.69) is 9.72 Å². The standard InChI is InChI=1S/C27H21F7N2O3S/c28-21-8-11-23(12-9-21)40(37,38)24(13-1-2-14-24)19-4-6-20(7-5-19)25(26(29,30)31,27(32,33)34)39-17-22-10-3-18(15-35)16-36-22/h3-12,16H,1-2,13-14,17H2. The second-order valence-corrected chi connectivity index (χ2v) is 11.6. The van der Waals surface area contributed by atoms with Gasteiger partial charge in [0, 0.05) is 11.8 Å².